The summed E-state index contributed by atoms with van der Waals surface area (Å²) in [5.74, 6) is 10.4. The van der Waals surface area contributed by atoms with E-state index in [-0.39, 0.29) is 33.4 Å². The molecule has 1 aliphatic carbocycles. The Balaban J connectivity index is 2.26. The molecule has 0 amide bonds. The third kappa shape index (κ3) is 1.90. The van der Waals surface area contributed by atoms with Crippen molar-refractivity contribution in [1.82, 2.24) is 0 Å². The molecule has 0 fully saturated rings. The summed E-state index contributed by atoms with van der Waals surface area (Å²) in [5.41, 5.74) is 3.55. The predicted octanol–water partition coefficient (Wildman–Crippen LogP) is -2.22. The van der Waals surface area contributed by atoms with Crippen LogP contribution in [0.3, 0.4) is 0 Å². The van der Waals surface area contributed by atoms with E-state index in [1.54, 1.807) is 0 Å². The predicted molar refractivity (Wildman–Crippen MR) is 52.1 cm³/mol. The van der Waals surface area contributed by atoms with Crippen molar-refractivity contribution >= 4 is 0 Å². The zero-order valence-corrected chi connectivity index (χ0v) is 10.6. The Morgan fingerprint density at radius 3 is 2.47 bits per heavy atom. The summed E-state index contributed by atoms with van der Waals surface area (Å²) < 4.78 is 1.18. The Morgan fingerprint density at radius 2 is 1.87 bits per heavy atom. The molecule has 0 saturated carbocycles. The molecule has 4 nitrogen and oxygen atoms in total. The summed E-state index contributed by atoms with van der Waals surface area (Å²) in [6, 6.07) is 6.32. The second-order valence-corrected chi connectivity index (χ2v) is 5.77. The molecule has 15 heavy (non-hydrogen) atoms. The van der Waals surface area contributed by atoms with Crippen molar-refractivity contribution in [2.75, 3.05) is 4.93 Å². The number of hydrogen-bond donors (Lipinski definition) is 2. The first-order valence-corrected chi connectivity index (χ1v) is 8.27. The van der Waals surface area contributed by atoms with E-state index in [0.717, 1.165) is 11.1 Å². The fourth-order valence-corrected chi connectivity index (χ4v) is 3.24. The molecule has 1 aromatic carbocycles. The van der Waals surface area contributed by atoms with Gasteiger partial charge in [0.15, 0.2) is 0 Å². The topological polar surface area (TPSA) is 70.5 Å². The van der Waals surface area contributed by atoms with E-state index in [1.807, 2.05) is 0 Å². The molecule has 84 valence electrons. The van der Waals surface area contributed by atoms with Gasteiger partial charge in [0.1, 0.15) is 0 Å². The Kier molecular flexibility index (Phi) is 3.57. The fourth-order valence-electron chi connectivity index (χ4n) is 1.89. The van der Waals surface area contributed by atoms with Gasteiger partial charge in [-0.15, -0.1) is 0 Å². The Hall–Kier alpha value is -0.210. The summed E-state index contributed by atoms with van der Waals surface area (Å²) >= 11 is 0.268. The summed E-state index contributed by atoms with van der Waals surface area (Å²) in [4.78, 5) is 11.9. The molecular formula is C10H14IN2O2-. The van der Waals surface area contributed by atoms with Crippen LogP contribution in [0.5, 0.6) is 0 Å². The summed E-state index contributed by atoms with van der Waals surface area (Å²) in [6.07, 6.45) is -0.421. The molecule has 4 N–H and O–H groups in total. The van der Waals surface area contributed by atoms with Gasteiger partial charge in [-0.05, 0) is 0 Å². The molecule has 1 aliphatic rings. The molecule has 0 heterocycles. The van der Waals surface area contributed by atoms with E-state index in [4.69, 9.17) is 21.5 Å². The van der Waals surface area contributed by atoms with Crippen molar-refractivity contribution < 1.29 is 30.9 Å². The summed E-state index contributed by atoms with van der Waals surface area (Å²) in [7, 11) is 0. The molecule has 0 saturated heterocycles. The van der Waals surface area contributed by atoms with Crippen LogP contribution < -0.4 is 33.0 Å². The van der Waals surface area contributed by atoms with Crippen LogP contribution in [-0.2, 0) is 14.1 Å². The van der Waals surface area contributed by atoms with E-state index >= 15 is 0 Å². The van der Waals surface area contributed by atoms with E-state index in [9.17, 15) is 0 Å². The Labute approximate surface area is 99.1 Å². The number of nitrogens with two attached hydrogens (primary N) is 2. The SMILES string of the molecule is C[I-]Cc1ccc2c(c1)C(ON)C2ON. The van der Waals surface area contributed by atoms with Gasteiger partial charge >= 0.3 is 99.1 Å². The molecule has 2 rings (SSSR count). The molecule has 1 aromatic rings. The number of rotatable bonds is 4. The monoisotopic (exact) mass is 321 g/mol. The van der Waals surface area contributed by atoms with Crippen LogP contribution in [0.2, 0.25) is 0 Å². The molecule has 5 heteroatoms. The van der Waals surface area contributed by atoms with Crippen molar-refractivity contribution in [2.45, 2.75) is 16.6 Å². The van der Waals surface area contributed by atoms with Crippen molar-refractivity contribution in [1.29, 1.82) is 0 Å². The van der Waals surface area contributed by atoms with Crippen molar-refractivity contribution in [3.05, 3.63) is 34.9 Å². The third-order valence-corrected chi connectivity index (χ3v) is 4.26. The van der Waals surface area contributed by atoms with Gasteiger partial charge in [-0.3, -0.25) is 0 Å². The van der Waals surface area contributed by atoms with E-state index in [0.29, 0.717) is 0 Å². The van der Waals surface area contributed by atoms with E-state index < -0.39 is 0 Å². The van der Waals surface area contributed by atoms with E-state index in [2.05, 4.69) is 23.1 Å². The van der Waals surface area contributed by atoms with Crippen LogP contribution in [0.25, 0.3) is 0 Å². The number of hydrogen-bond acceptors (Lipinski definition) is 4. The minimum atomic E-state index is -0.213. The van der Waals surface area contributed by atoms with Gasteiger partial charge in [0, 0.05) is 0 Å². The molecule has 0 aliphatic heterocycles. The summed E-state index contributed by atoms with van der Waals surface area (Å²) in [6.45, 7) is 0. The maximum atomic E-state index is 5.21. The van der Waals surface area contributed by atoms with Crippen molar-refractivity contribution in [3.8, 4) is 0 Å². The minimum absolute atomic E-state index is 0.208. The first kappa shape index (κ1) is 11.3. The average Bonchev–Trinajstić information content (AvgIpc) is 2.23. The van der Waals surface area contributed by atoms with Crippen LogP contribution >= 0.6 is 0 Å². The van der Waals surface area contributed by atoms with Gasteiger partial charge in [-0.1, -0.05) is 0 Å². The Morgan fingerprint density at radius 1 is 1.20 bits per heavy atom. The number of alkyl halides is 2. The average molecular weight is 321 g/mol. The van der Waals surface area contributed by atoms with Crippen molar-refractivity contribution in [3.63, 3.8) is 0 Å². The third-order valence-electron chi connectivity index (χ3n) is 2.62. The molecule has 0 bridgehead atoms. The molecule has 2 atom stereocenters. The maximum absolute atomic E-state index is 5.21. The normalized spacial score (nSPS) is 23.7. The molecular weight excluding hydrogens is 307 g/mol. The summed E-state index contributed by atoms with van der Waals surface area (Å²) in [5, 5.41) is 0. The van der Waals surface area contributed by atoms with Gasteiger partial charge in [-0.2, -0.15) is 0 Å². The Bertz CT molecular complexity index is 359. The number of halogens is 1. The molecule has 2 unspecified atom stereocenters. The molecule has 0 radical (unpaired) electrons. The van der Waals surface area contributed by atoms with Crippen LogP contribution in [0, 0.1) is 0 Å². The zero-order valence-electron chi connectivity index (χ0n) is 8.44. The van der Waals surface area contributed by atoms with Gasteiger partial charge in [-0.25, -0.2) is 0 Å². The van der Waals surface area contributed by atoms with Crippen LogP contribution in [0.4, 0.5) is 0 Å². The van der Waals surface area contributed by atoms with Crippen LogP contribution in [0.1, 0.15) is 28.9 Å². The zero-order chi connectivity index (χ0) is 10.8. The number of benzene rings is 1. The van der Waals surface area contributed by atoms with E-state index in [1.165, 1.54) is 9.99 Å². The van der Waals surface area contributed by atoms with Gasteiger partial charge < -0.3 is 0 Å². The fraction of sp³-hybridized carbons (Fsp3) is 0.400. The van der Waals surface area contributed by atoms with Crippen LogP contribution in [-0.4, -0.2) is 4.93 Å². The standard InChI is InChI=1S/C10H14IN2O2/c1-11-5-6-2-3-7-8(4-6)10(15-13)9(7)14-12/h2-4,9-10H,5,12-13H2,1H3/q-1. The molecule has 0 spiro atoms. The first-order valence-electron chi connectivity index (χ1n) is 4.59. The second kappa shape index (κ2) is 4.75. The van der Waals surface area contributed by atoms with Gasteiger partial charge in [0.05, 0.1) is 0 Å². The van der Waals surface area contributed by atoms with Gasteiger partial charge in [0.25, 0.3) is 0 Å². The van der Waals surface area contributed by atoms with Crippen molar-refractivity contribution in [2.24, 2.45) is 11.8 Å². The first-order chi connectivity index (χ1) is 7.31. The quantitative estimate of drug-likeness (QED) is 0.375. The number of fused-ring (bicyclic) bond motifs is 1. The van der Waals surface area contributed by atoms with Crippen LogP contribution in [0.15, 0.2) is 18.2 Å². The van der Waals surface area contributed by atoms with Gasteiger partial charge in [0.2, 0.25) is 0 Å². The second-order valence-electron chi connectivity index (χ2n) is 3.48. The molecule has 0 aromatic heterocycles.